The summed E-state index contributed by atoms with van der Waals surface area (Å²) in [7, 11) is 0. The first-order chi connectivity index (χ1) is 9.38. The number of nitrogens with one attached hydrogen (secondary N) is 1. The van der Waals surface area contributed by atoms with E-state index in [1.807, 2.05) is 25.1 Å². The third-order valence-corrected chi connectivity index (χ3v) is 3.53. The summed E-state index contributed by atoms with van der Waals surface area (Å²) in [6, 6.07) is 8.48. The zero-order chi connectivity index (χ0) is 14.9. The molecule has 2 nitrogen and oxygen atoms in total. The number of aryl methyl sites for hydroxylation is 1. The molecule has 2 aromatic rings. The van der Waals surface area contributed by atoms with Gasteiger partial charge in [-0.1, -0.05) is 35.4 Å². The van der Waals surface area contributed by atoms with Gasteiger partial charge in [0.25, 0.3) is 0 Å². The molecule has 0 saturated heterocycles. The summed E-state index contributed by atoms with van der Waals surface area (Å²) in [5.74, 6) is -0.626. The molecule has 0 aliphatic rings. The zero-order valence-corrected chi connectivity index (χ0v) is 12.8. The summed E-state index contributed by atoms with van der Waals surface area (Å²) in [6.45, 7) is 1.91. The second-order valence-electron chi connectivity index (χ2n) is 4.27. The van der Waals surface area contributed by atoms with Crippen LogP contribution in [0.5, 0.6) is 0 Å². The molecule has 20 heavy (non-hydrogen) atoms. The van der Waals surface area contributed by atoms with Crippen LogP contribution in [0.4, 0.5) is 15.8 Å². The van der Waals surface area contributed by atoms with Crippen LogP contribution in [-0.2, 0) is 0 Å². The van der Waals surface area contributed by atoms with E-state index >= 15 is 0 Å². The smallest absolute Gasteiger partial charge is 0.160 e. The van der Waals surface area contributed by atoms with Crippen molar-refractivity contribution in [2.75, 3.05) is 5.32 Å². The molecular formula is C14H11Cl2FN2S. The lowest BCUT2D eigenvalue weighted by Gasteiger charge is -2.11. The molecule has 0 bridgehead atoms. The predicted octanol–water partition coefficient (Wildman–Crippen LogP) is 4.82. The Bertz CT molecular complexity index is 666. The molecule has 0 aliphatic carbocycles. The quantitative estimate of drug-likeness (QED) is 0.626. The minimum Gasteiger partial charge on any atom is -0.389 e. The van der Waals surface area contributed by atoms with E-state index in [0.717, 1.165) is 16.8 Å². The molecule has 0 fully saturated rings. The van der Waals surface area contributed by atoms with Crippen molar-refractivity contribution in [1.82, 2.24) is 0 Å². The van der Waals surface area contributed by atoms with Gasteiger partial charge < -0.3 is 11.1 Å². The first-order valence-electron chi connectivity index (χ1n) is 5.70. The fourth-order valence-electron chi connectivity index (χ4n) is 1.81. The van der Waals surface area contributed by atoms with Crippen molar-refractivity contribution in [2.24, 2.45) is 5.73 Å². The topological polar surface area (TPSA) is 38.0 Å². The van der Waals surface area contributed by atoms with Crippen LogP contribution in [0.2, 0.25) is 10.0 Å². The van der Waals surface area contributed by atoms with Crippen LogP contribution in [-0.4, -0.2) is 4.99 Å². The molecule has 2 aromatic carbocycles. The number of hydrogen-bond donors (Lipinski definition) is 2. The number of rotatable bonds is 3. The van der Waals surface area contributed by atoms with Gasteiger partial charge in [-0.2, -0.15) is 0 Å². The van der Waals surface area contributed by atoms with Crippen molar-refractivity contribution in [3.63, 3.8) is 0 Å². The van der Waals surface area contributed by atoms with Crippen molar-refractivity contribution in [3.8, 4) is 0 Å². The number of thiocarbonyl (C=S) groups is 1. The highest BCUT2D eigenvalue weighted by atomic mass is 35.5. The number of hydrogen-bond acceptors (Lipinski definition) is 2. The predicted molar refractivity (Wildman–Crippen MR) is 86.8 cm³/mol. The van der Waals surface area contributed by atoms with Crippen molar-refractivity contribution in [2.45, 2.75) is 6.92 Å². The van der Waals surface area contributed by atoms with E-state index in [2.05, 4.69) is 5.32 Å². The minimum absolute atomic E-state index is 0.0310. The van der Waals surface area contributed by atoms with Crippen LogP contribution in [0.25, 0.3) is 0 Å². The molecule has 0 atom stereocenters. The second kappa shape index (κ2) is 5.95. The fourth-order valence-corrected chi connectivity index (χ4v) is 2.53. The van der Waals surface area contributed by atoms with Gasteiger partial charge in [0.05, 0.1) is 10.0 Å². The van der Waals surface area contributed by atoms with Crippen molar-refractivity contribution < 1.29 is 4.39 Å². The maximum absolute atomic E-state index is 13.3. The standard InChI is InChI=1S/C14H11Cl2FN2S/c1-7-4-8(2-3-10(7)14(18)20)19-9-5-11(15)13(17)12(16)6-9/h2-6,19H,1H3,(H2,18,20). The first-order valence-corrected chi connectivity index (χ1v) is 6.87. The lowest BCUT2D eigenvalue weighted by atomic mass is 10.1. The van der Waals surface area contributed by atoms with E-state index in [9.17, 15) is 4.39 Å². The van der Waals surface area contributed by atoms with Crippen LogP contribution in [0.15, 0.2) is 30.3 Å². The van der Waals surface area contributed by atoms with Crippen molar-refractivity contribution in [1.29, 1.82) is 0 Å². The van der Waals surface area contributed by atoms with E-state index in [1.54, 1.807) is 0 Å². The normalized spacial score (nSPS) is 10.4. The van der Waals surface area contributed by atoms with Crippen LogP contribution >= 0.6 is 35.4 Å². The maximum atomic E-state index is 13.3. The molecule has 3 N–H and O–H groups in total. The SMILES string of the molecule is Cc1cc(Nc2cc(Cl)c(F)c(Cl)c2)ccc1C(N)=S. The monoisotopic (exact) mass is 328 g/mol. The van der Waals surface area contributed by atoms with Gasteiger partial charge in [0, 0.05) is 16.9 Å². The molecule has 6 heteroatoms. The van der Waals surface area contributed by atoms with Gasteiger partial charge in [0.1, 0.15) is 4.99 Å². The van der Waals surface area contributed by atoms with E-state index in [1.165, 1.54) is 12.1 Å². The van der Waals surface area contributed by atoms with E-state index < -0.39 is 5.82 Å². The lowest BCUT2D eigenvalue weighted by Crippen LogP contribution is -2.11. The van der Waals surface area contributed by atoms with Gasteiger partial charge in [-0.25, -0.2) is 4.39 Å². The van der Waals surface area contributed by atoms with Gasteiger partial charge >= 0.3 is 0 Å². The van der Waals surface area contributed by atoms with Gasteiger partial charge in [-0.15, -0.1) is 0 Å². The molecule has 0 spiro atoms. The molecule has 0 heterocycles. The van der Waals surface area contributed by atoms with Crippen LogP contribution in [0.1, 0.15) is 11.1 Å². The molecular weight excluding hydrogens is 318 g/mol. The molecule has 0 amide bonds. The Morgan fingerprint density at radius 3 is 2.25 bits per heavy atom. The highest BCUT2D eigenvalue weighted by Gasteiger charge is 2.08. The number of nitrogens with two attached hydrogens (primary N) is 1. The largest absolute Gasteiger partial charge is 0.389 e. The number of benzene rings is 2. The molecule has 2 rings (SSSR count). The summed E-state index contributed by atoms with van der Waals surface area (Å²) in [5.41, 5.74) is 8.78. The average Bonchev–Trinajstić information content (AvgIpc) is 2.35. The Morgan fingerprint density at radius 1 is 1.15 bits per heavy atom. The van der Waals surface area contributed by atoms with Crippen LogP contribution in [0, 0.1) is 12.7 Å². The van der Waals surface area contributed by atoms with Crippen LogP contribution < -0.4 is 11.1 Å². The Hall–Kier alpha value is -1.36. The maximum Gasteiger partial charge on any atom is 0.160 e. The molecule has 0 unspecified atom stereocenters. The highest BCUT2D eigenvalue weighted by molar-refractivity contribution is 7.80. The summed E-state index contributed by atoms with van der Waals surface area (Å²) >= 11 is 16.5. The summed E-state index contributed by atoms with van der Waals surface area (Å²) in [6.07, 6.45) is 0. The number of halogens is 3. The molecule has 104 valence electrons. The highest BCUT2D eigenvalue weighted by Crippen LogP contribution is 2.29. The summed E-state index contributed by atoms with van der Waals surface area (Å²) in [4.78, 5) is 0.349. The molecule has 0 aromatic heterocycles. The van der Waals surface area contributed by atoms with Gasteiger partial charge in [0.15, 0.2) is 5.82 Å². The van der Waals surface area contributed by atoms with E-state index in [4.69, 9.17) is 41.2 Å². The average molecular weight is 329 g/mol. The summed E-state index contributed by atoms with van der Waals surface area (Å²) < 4.78 is 13.3. The molecule has 0 radical (unpaired) electrons. The zero-order valence-electron chi connectivity index (χ0n) is 10.5. The number of anilines is 2. The minimum atomic E-state index is -0.626. The van der Waals surface area contributed by atoms with E-state index in [-0.39, 0.29) is 10.0 Å². The molecule has 0 saturated carbocycles. The van der Waals surface area contributed by atoms with Gasteiger partial charge in [-0.3, -0.25) is 0 Å². The van der Waals surface area contributed by atoms with Crippen molar-refractivity contribution >= 4 is 51.8 Å². The lowest BCUT2D eigenvalue weighted by molar-refractivity contribution is 0.629. The first kappa shape index (κ1) is 15.0. The van der Waals surface area contributed by atoms with Crippen molar-refractivity contribution in [3.05, 3.63) is 57.3 Å². The Labute approximate surface area is 131 Å². The van der Waals surface area contributed by atoms with Gasteiger partial charge in [0.2, 0.25) is 0 Å². The van der Waals surface area contributed by atoms with Crippen LogP contribution in [0.3, 0.4) is 0 Å². The molecule has 0 aliphatic heterocycles. The third kappa shape index (κ3) is 3.20. The Kier molecular flexibility index (Phi) is 4.48. The second-order valence-corrected chi connectivity index (χ2v) is 5.53. The Balaban J connectivity index is 2.31. The van der Waals surface area contributed by atoms with E-state index in [0.29, 0.717) is 10.7 Å². The fraction of sp³-hybridized carbons (Fsp3) is 0.0714. The van der Waals surface area contributed by atoms with Gasteiger partial charge in [-0.05, 0) is 42.8 Å². The third-order valence-electron chi connectivity index (χ3n) is 2.76. The Morgan fingerprint density at radius 2 is 1.75 bits per heavy atom. The summed E-state index contributed by atoms with van der Waals surface area (Å²) in [5, 5.41) is 3.04.